The van der Waals surface area contributed by atoms with Gasteiger partial charge in [0.1, 0.15) is 11.5 Å². The normalized spacial score (nSPS) is 18.5. The Morgan fingerprint density at radius 2 is 1.90 bits per heavy atom. The van der Waals surface area contributed by atoms with Crippen LogP contribution < -0.4 is 4.74 Å². The summed E-state index contributed by atoms with van der Waals surface area (Å²) in [6.07, 6.45) is 0. The molecule has 2 aromatic carbocycles. The van der Waals surface area contributed by atoms with Gasteiger partial charge in [0.2, 0.25) is 0 Å². The van der Waals surface area contributed by atoms with E-state index in [-0.39, 0.29) is 11.3 Å². The summed E-state index contributed by atoms with van der Waals surface area (Å²) in [7, 11) is 5.34. The van der Waals surface area contributed by atoms with E-state index in [1.165, 1.54) is 12.0 Å². The number of rotatable bonds is 6. The van der Waals surface area contributed by atoms with Crippen molar-refractivity contribution in [2.24, 2.45) is 0 Å². The maximum Gasteiger partial charge on any atom is 0.295 e. The Morgan fingerprint density at radius 3 is 2.55 bits per heavy atom. The topological polar surface area (TPSA) is 70.1 Å². The summed E-state index contributed by atoms with van der Waals surface area (Å²) in [5, 5.41) is 11.0. The molecule has 6 nitrogen and oxygen atoms in total. The fourth-order valence-electron chi connectivity index (χ4n) is 3.37. The highest BCUT2D eigenvalue weighted by Gasteiger charge is 2.45. The highest BCUT2D eigenvalue weighted by molar-refractivity contribution is 9.10. The molecule has 152 valence electrons. The first-order valence-electron chi connectivity index (χ1n) is 9.16. The molecule has 0 radical (unpaired) electrons. The van der Waals surface area contributed by atoms with E-state index in [2.05, 4.69) is 15.9 Å². The summed E-state index contributed by atoms with van der Waals surface area (Å²) in [4.78, 5) is 29.2. The number of Topliss-reactive ketones (excluding diaryl/α,β-unsaturated/α-hetero) is 1. The van der Waals surface area contributed by atoms with Crippen molar-refractivity contribution < 1.29 is 19.4 Å². The molecule has 1 heterocycles. The van der Waals surface area contributed by atoms with Crippen LogP contribution in [0, 0.1) is 0 Å². The van der Waals surface area contributed by atoms with Gasteiger partial charge in [-0.05, 0) is 43.9 Å². The van der Waals surface area contributed by atoms with Crippen LogP contribution >= 0.6 is 15.9 Å². The van der Waals surface area contributed by atoms with Crippen molar-refractivity contribution in [2.75, 3.05) is 34.3 Å². The molecule has 1 aliphatic rings. The maximum atomic E-state index is 12.9. The van der Waals surface area contributed by atoms with Crippen molar-refractivity contribution in [2.45, 2.75) is 6.04 Å². The number of nitrogens with zero attached hydrogens (tertiary/aromatic N) is 2. The minimum Gasteiger partial charge on any atom is -0.507 e. The van der Waals surface area contributed by atoms with Crippen molar-refractivity contribution in [1.29, 1.82) is 0 Å². The minimum atomic E-state index is -0.686. The molecule has 0 unspecified atom stereocenters. The number of methoxy groups -OCH3 is 1. The molecule has 0 spiro atoms. The summed E-state index contributed by atoms with van der Waals surface area (Å²) >= 11 is 3.45. The molecule has 2 aromatic rings. The highest BCUT2D eigenvalue weighted by atomic mass is 79.9. The van der Waals surface area contributed by atoms with Crippen LogP contribution in [0.1, 0.15) is 17.2 Å². The number of likely N-dealkylation sites (N-methyl/N-ethyl adjacent to an activating group) is 1. The summed E-state index contributed by atoms with van der Waals surface area (Å²) in [5.41, 5.74) is 1.26. The number of ether oxygens (including phenoxy) is 1. The van der Waals surface area contributed by atoms with Crippen LogP contribution in [0.15, 0.2) is 58.6 Å². The zero-order valence-corrected chi connectivity index (χ0v) is 18.1. The summed E-state index contributed by atoms with van der Waals surface area (Å²) in [6, 6.07) is 13.6. The van der Waals surface area contributed by atoms with Crippen LogP contribution in [0.25, 0.3) is 5.76 Å². The predicted molar refractivity (Wildman–Crippen MR) is 115 cm³/mol. The van der Waals surface area contributed by atoms with E-state index in [1.807, 2.05) is 43.3 Å². The van der Waals surface area contributed by atoms with Gasteiger partial charge in [0, 0.05) is 23.1 Å². The van der Waals surface area contributed by atoms with Gasteiger partial charge in [-0.2, -0.15) is 0 Å². The number of hydrogen-bond donors (Lipinski definition) is 1. The molecule has 0 aromatic heterocycles. The lowest BCUT2D eigenvalue weighted by atomic mass is 9.95. The number of likely N-dealkylation sites (tertiary alicyclic amines) is 1. The number of carbonyl (C=O) groups is 2. The second kappa shape index (κ2) is 8.80. The van der Waals surface area contributed by atoms with Crippen molar-refractivity contribution in [1.82, 2.24) is 9.80 Å². The Bertz CT molecular complexity index is 971. The number of halogens is 1. The second-order valence-electron chi connectivity index (χ2n) is 7.08. The molecule has 0 aliphatic carbocycles. The third-order valence-corrected chi connectivity index (χ3v) is 5.33. The molecule has 1 saturated heterocycles. The molecule has 7 heteroatoms. The Balaban J connectivity index is 2.16. The zero-order valence-electron chi connectivity index (χ0n) is 16.6. The lowest BCUT2D eigenvalue weighted by Crippen LogP contribution is -2.35. The molecule has 0 saturated carbocycles. The highest BCUT2D eigenvalue weighted by Crippen LogP contribution is 2.40. The number of aliphatic hydroxyl groups is 1. The van der Waals surface area contributed by atoms with Gasteiger partial charge in [-0.15, -0.1) is 0 Å². The van der Waals surface area contributed by atoms with Gasteiger partial charge >= 0.3 is 0 Å². The quantitative estimate of drug-likeness (QED) is 0.407. The molecule has 29 heavy (non-hydrogen) atoms. The fraction of sp³-hybridized carbons (Fsp3) is 0.273. The first-order chi connectivity index (χ1) is 13.8. The lowest BCUT2D eigenvalue weighted by Gasteiger charge is -2.26. The minimum absolute atomic E-state index is 0.0834. The molecule has 1 atom stereocenters. The number of amides is 1. The predicted octanol–water partition coefficient (Wildman–Crippen LogP) is 3.44. The van der Waals surface area contributed by atoms with Gasteiger partial charge in [0.15, 0.2) is 0 Å². The smallest absolute Gasteiger partial charge is 0.295 e. The molecule has 1 amide bonds. The first kappa shape index (κ1) is 21.1. The number of aliphatic hydroxyl groups excluding tert-OH is 1. The molecule has 1 N–H and O–H groups in total. The summed E-state index contributed by atoms with van der Waals surface area (Å²) < 4.78 is 6.05. The molecule has 1 aliphatic heterocycles. The SMILES string of the molecule is COc1cccc(C(O)=C2C(=O)C(=O)N(CCN(C)C)[C@@H]2c2cccc(Br)c2)c1. The van der Waals surface area contributed by atoms with Gasteiger partial charge in [0.05, 0.1) is 18.7 Å². The number of carbonyl (C=O) groups excluding carboxylic acids is 2. The van der Waals surface area contributed by atoms with Crippen LogP contribution in [-0.2, 0) is 9.59 Å². The standard InChI is InChI=1S/C22H23BrN2O4/c1-24(2)10-11-25-19(14-6-4-8-16(23)12-14)18(21(27)22(25)28)20(26)15-7-5-9-17(13-15)29-3/h4-9,12-13,19,26H,10-11H2,1-3H3/t19-/m1/s1. The largest absolute Gasteiger partial charge is 0.507 e. The van der Waals surface area contributed by atoms with Crippen LogP contribution in [0.2, 0.25) is 0 Å². The lowest BCUT2D eigenvalue weighted by molar-refractivity contribution is -0.140. The Morgan fingerprint density at radius 1 is 1.17 bits per heavy atom. The monoisotopic (exact) mass is 458 g/mol. The van der Waals surface area contributed by atoms with Crippen molar-refractivity contribution in [3.8, 4) is 5.75 Å². The maximum absolute atomic E-state index is 12.9. The van der Waals surface area contributed by atoms with Crippen LogP contribution in [0.4, 0.5) is 0 Å². The zero-order chi connectivity index (χ0) is 21.1. The van der Waals surface area contributed by atoms with Gasteiger partial charge < -0.3 is 19.6 Å². The molecular formula is C22H23BrN2O4. The Hall–Kier alpha value is -2.64. The van der Waals surface area contributed by atoms with E-state index in [1.54, 1.807) is 24.3 Å². The third kappa shape index (κ3) is 4.36. The molecule has 1 fully saturated rings. The van der Waals surface area contributed by atoms with Gasteiger partial charge in [-0.25, -0.2) is 0 Å². The number of ketones is 1. The van der Waals surface area contributed by atoms with Gasteiger partial charge in [0.25, 0.3) is 11.7 Å². The van der Waals surface area contributed by atoms with E-state index in [0.29, 0.717) is 24.4 Å². The van der Waals surface area contributed by atoms with Crippen LogP contribution in [0.3, 0.4) is 0 Å². The Kier molecular flexibility index (Phi) is 6.39. The second-order valence-corrected chi connectivity index (χ2v) is 8.00. The average molecular weight is 459 g/mol. The average Bonchev–Trinajstić information content (AvgIpc) is 2.96. The molecule has 0 bridgehead atoms. The van der Waals surface area contributed by atoms with E-state index >= 15 is 0 Å². The van der Waals surface area contributed by atoms with Crippen molar-refractivity contribution >= 4 is 33.4 Å². The molecule has 3 rings (SSSR count). The third-order valence-electron chi connectivity index (χ3n) is 4.84. The Labute approximate surface area is 178 Å². The van der Waals surface area contributed by atoms with Gasteiger partial charge in [-0.1, -0.05) is 40.2 Å². The van der Waals surface area contributed by atoms with E-state index in [9.17, 15) is 14.7 Å². The van der Waals surface area contributed by atoms with E-state index in [0.717, 1.165) is 10.0 Å². The number of benzene rings is 2. The van der Waals surface area contributed by atoms with Gasteiger partial charge in [-0.3, -0.25) is 9.59 Å². The molecular weight excluding hydrogens is 436 g/mol. The van der Waals surface area contributed by atoms with Crippen molar-refractivity contribution in [3.05, 3.63) is 69.7 Å². The van der Waals surface area contributed by atoms with E-state index in [4.69, 9.17) is 4.74 Å². The number of hydrogen-bond acceptors (Lipinski definition) is 5. The van der Waals surface area contributed by atoms with E-state index < -0.39 is 17.7 Å². The van der Waals surface area contributed by atoms with Crippen molar-refractivity contribution in [3.63, 3.8) is 0 Å². The van der Waals surface area contributed by atoms with Crippen LogP contribution in [0.5, 0.6) is 5.75 Å². The fourth-order valence-corrected chi connectivity index (χ4v) is 3.78. The summed E-state index contributed by atoms with van der Waals surface area (Å²) in [6.45, 7) is 0.959. The van der Waals surface area contributed by atoms with Crippen LogP contribution in [-0.4, -0.2) is 60.9 Å². The first-order valence-corrected chi connectivity index (χ1v) is 9.95. The summed E-state index contributed by atoms with van der Waals surface area (Å²) in [5.74, 6) is -0.954.